The molecule has 3 aromatic heterocycles. The Kier molecular flexibility index (Phi) is 10.3. The van der Waals surface area contributed by atoms with Gasteiger partial charge in [-0.1, -0.05) is 58.9 Å². The van der Waals surface area contributed by atoms with Crippen molar-refractivity contribution in [3.05, 3.63) is 89.3 Å². The molecule has 0 saturated heterocycles. The van der Waals surface area contributed by atoms with Crippen molar-refractivity contribution in [3.63, 3.8) is 0 Å². The normalized spacial score (nSPS) is 17.3. The fourth-order valence-electron chi connectivity index (χ4n) is 5.68. The van der Waals surface area contributed by atoms with Crippen molar-refractivity contribution < 1.29 is 23.9 Å². The molecule has 2 atom stereocenters. The zero-order chi connectivity index (χ0) is 36.3. The van der Waals surface area contributed by atoms with Gasteiger partial charge in [0.2, 0.25) is 5.82 Å². The summed E-state index contributed by atoms with van der Waals surface area (Å²) in [7, 11) is 5.46. The van der Waals surface area contributed by atoms with Crippen molar-refractivity contribution in [2.24, 2.45) is 0 Å². The number of aldehydes is 1. The number of pyridine rings is 1. The summed E-state index contributed by atoms with van der Waals surface area (Å²) >= 11 is 0. The Labute approximate surface area is 291 Å². The molecule has 3 amide bonds. The molecule has 1 aliphatic carbocycles. The van der Waals surface area contributed by atoms with E-state index in [4.69, 9.17) is 9.47 Å². The van der Waals surface area contributed by atoms with Gasteiger partial charge in [-0.25, -0.2) is 14.8 Å². The molecule has 0 spiro atoms. The van der Waals surface area contributed by atoms with Gasteiger partial charge in [-0.05, 0) is 43.9 Å². The van der Waals surface area contributed by atoms with Crippen LogP contribution in [0.5, 0.6) is 5.75 Å². The predicted molar refractivity (Wildman–Crippen MR) is 188 cm³/mol. The van der Waals surface area contributed by atoms with Crippen LogP contribution >= 0.6 is 0 Å². The molecule has 14 heteroatoms. The first-order valence-corrected chi connectivity index (χ1v) is 16.3. The third-order valence-corrected chi connectivity index (χ3v) is 8.29. The van der Waals surface area contributed by atoms with E-state index in [2.05, 4.69) is 36.1 Å². The number of ether oxygens (including phenoxy) is 2. The van der Waals surface area contributed by atoms with Gasteiger partial charge >= 0.3 is 6.03 Å². The monoisotopic (exact) mass is 683 g/mol. The van der Waals surface area contributed by atoms with Crippen molar-refractivity contribution in [1.29, 1.82) is 0 Å². The Bertz CT molecular complexity index is 1910. The lowest BCUT2D eigenvalue weighted by atomic mass is 9.81. The molecule has 3 heterocycles. The van der Waals surface area contributed by atoms with Gasteiger partial charge in [-0.15, -0.1) is 10.2 Å². The number of benzene rings is 1. The number of aromatic nitrogens is 5. The minimum Gasteiger partial charge on any atom is -0.480 e. The van der Waals surface area contributed by atoms with Crippen LogP contribution < -0.4 is 20.7 Å². The zero-order valence-electron chi connectivity index (χ0n) is 29.8. The number of carbonyl (C=O) groups is 3. The minimum atomic E-state index is -1.51. The number of nitrogens with one attached hydrogen (secondary N) is 3. The number of methoxy groups -OCH3 is 1. The summed E-state index contributed by atoms with van der Waals surface area (Å²) in [6.07, 6.45) is 5.28. The van der Waals surface area contributed by atoms with Crippen molar-refractivity contribution in [3.8, 4) is 5.75 Å². The van der Waals surface area contributed by atoms with Gasteiger partial charge < -0.3 is 25.0 Å². The van der Waals surface area contributed by atoms with Gasteiger partial charge in [0.25, 0.3) is 5.91 Å². The maximum atomic E-state index is 13.5. The van der Waals surface area contributed by atoms with Crippen LogP contribution in [0, 0.1) is 0 Å². The Morgan fingerprint density at radius 3 is 2.52 bits per heavy atom. The fourth-order valence-corrected chi connectivity index (χ4v) is 5.68. The smallest absolute Gasteiger partial charge is 0.321 e. The number of hydrogen-bond donors (Lipinski definition) is 3. The Balaban J connectivity index is 1.39. The highest BCUT2D eigenvalue weighted by molar-refractivity contribution is 5.94. The third-order valence-electron chi connectivity index (χ3n) is 8.29. The topological polar surface area (TPSA) is 165 Å². The van der Waals surface area contributed by atoms with Gasteiger partial charge in [-0.3, -0.25) is 19.3 Å². The summed E-state index contributed by atoms with van der Waals surface area (Å²) in [5.41, 5.74) is 0.111. The molecule has 1 aliphatic rings. The van der Waals surface area contributed by atoms with Crippen molar-refractivity contribution in [1.82, 2.24) is 40.1 Å². The second kappa shape index (κ2) is 14.3. The molecule has 0 aliphatic heterocycles. The summed E-state index contributed by atoms with van der Waals surface area (Å²) < 4.78 is 13.7. The highest BCUT2D eigenvalue weighted by atomic mass is 16.5. The number of nitrogens with zero attached hydrogens (tertiary/aromatic N) is 6. The summed E-state index contributed by atoms with van der Waals surface area (Å²) in [5.74, 6) is 0.872. The van der Waals surface area contributed by atoms with Gasteiger partial charge in [0, 0.05) is 42.7 Å². The molecule has 0 radical (unpaired) electrons. The predicted octanol–water partition coefficient (Wildman–Crippen LogP) is 3.94. The lowest BCUT2D eigenvalue weighted by Gasteiger charge is -2.34. The lowest BCUT2D eigenvalue weighted by Crippen LogP contribution is -2.49. The molecule has 5 rings (SSSR count). The van der Waals surface area contributed by atoms with E-state index in [0.29, 0.717) is 54.2 Å². The standard InChI is InChI=1S/C36H45N9O5/c1-34(2,3)27-19-28(39-30(38-27)31(47)37-17-18-44(6)7)40-33(48)41-36(21-46)16-15-26(24-11-9-10-12-25(24)36)50-23-13-14-29-42-43-32(45(29)20-23)35(4,5)22-49-8/h9-16,19-21,26H,17-18,22H2,1-8H3,(H,37,47)(H2,38,39,40,41,48)/t26-,36-/m1/s1. The Morgan fingerprint density at radius 1 is 1.06 bits per heavy atom. The molecule has 264 valence electrons. The van der Waals surface area contributed by atoms with Crippen LogP contribution in [-0.2, 0) is 25.9 Å². The number of anilines is 1. The molecule has 50 heavy (non-hydrogen) atoms. The van der Waals surface area contributed by atoms with Gasteiger partial charge in [-0.2, -0.15) is 0 Å². The molecule has 0 bridgehead atoms. The molecular formula is C36H45N9O5. The van der Waals surface area contributed by atoms with Crippen LogP contribution in [0.1, 0.15) is 74.0 Å². The molecule has 3 N–H and O–H groups in total. The van der Waals surface area contributed by atoms with Crippen LogP contribution in [0.15, 0.2) is 60.8 Å². The number of fused-ring (bicyclic) bond motifs is 2. The third kappa shape index (κ3) is 7.81. The van der Waals surface area contributed by atoms with E-state index in [-0.39, 0.29) is 11.6 Å². The number of hydrogen-bond acceptors (Lipinski definition) is 10. The average molecular weight is 684 g/mol. The first-order valence-electron chi connectivity index (χ1n) is 16.3. The van der Waals surface area contributed by atoms with Crippen LogP contribution in [0.25, 0.3) is 5.65 Å². The summed E-state index contributed by atoms with van der Waals surface area (Å²) in [4.78, 5) is 50.0. The Morgan fingerprint density at radius 2 is 1.82 bits per heavy atom. The quantitative estimate of drug-likeness (QED) is 0.147. The van der Waals surface area contributed by atoms with E-state index >= 15 is 0 Å². The summed E-state index contributed by atoms with van der Waals surface area (Å²) in [5, 5.41) is 17.0. The minimum absolute atomic E-state index is 0.0708. The molecule has 0 fully saturated rings. The van der Waals surface area contributed by atoms with E-state index in [1.54, 1.807) is 37.5 Å². The van der Waals surface area contributed by atoms with Gasteiger partial charge in [0.15, 0.2) is 11.9 Å². The van der Waals surface area contributed by atoms with E-state index in [0.717, 1.165) is 5.82 Å². The molecule has 1 aromatic carbocycles. The van der Waals surface area contributed by atoms with E-state index in [1.165, 1.54) is 0 Å². The van der Waals surface area contributed by atoms with Crippen LogP contribution in [0.3, 0.4) is 0 Å². The maximum Gasteiger partial charge on any atom is 0.321 e. The van der Waals surface area contributed by atoms with E-state index < -0.39 is 34.4 Å². The van der Waals surface area contributed by atoms with Crippen molar-refractivity contribution >= 4 is 29.7 Å². The summed E-state index contributed by atoms with van der Waals surface area (Å²) in [6, 6.07) is 11.8. The first-order chi connectivity index (χ1) is 23.7. The molecule has 14 nitrogen and oxygen atoms in total. The second-order valence-corrected chi connectivity index (χ2v) is 14.3. The SMILES string of the molecule is COCC(C)(C)c1nnc2ccc(O[C@@H]3C=C[C@](C=O)(NC(=O)Nc4cc(C(C)(C)C)nc(C(=O)NCCN(C)C)n4)c4ccccc43)cn12. The number of amides is 3. The molecule has 0 unspecified atom stereocenters. The lowest BCUT2D eigenvalue weighted by molar-refractivity contribution is -0.111. The van der Waals surface area contributed by atoms with Gasteiger partial charge in [0.05, 0.1) is 18.5 Å². The largest absolute Gasteiger partial charge is 0.480 e. The van der Waals surface area contributed by atoms with Crippen molar-refractivity contribution in [2.75, 3.05) is 46.2 Å². The molecule has 4 aromatic rings. The molecular weight excluding hydrogens is 638 g/mol. The first kappa shape index (κ1) is 36.1. The van der Waals surface area contributed by atoms with Gasteiger partial charge in [0.1, 0.15) is 29.0 Å². The number of carbonyl (C=O) groups excluding carboxylic acids is 3. The molecule has 0 saturated carbocycles. The van der Waals surface area contributed by atoms with Crippen LogP contribution in [-0.4, -0.2) is 88.6 Å². The fraction of sp³-hybridized carbons (Fsp3) is 0.417. The van der Waals surface area contributed by atoms with E-state index in [9.17, 15) is 14.4 Å². The highest BCUT2D eigenvalue weighted by Gasteiger charge is 2.38. The highest BCUT2D eigenvalue weighted by Crippen LogP contribution is 2.37. The average Bonchev–Trinajstić information content (AvgIpc) is 3.49. The number of rotatable bonds is 12. The zero-order valence-corrected chi connectivity index (χ0v) is 29.8. The van der Waals surface area contributed by atoms with Crippen LogP contribution in [0.4, 0.5) is 10.6 Å². The number of likely N-dealkylation sites (N-methyl/N-ethyl adjacent to an activating group) is 1. The maximum absolute atomic E-state index is 13.5. The van der Waals surface area contributed by atoms with Crippen molar-refractivity contribution in [2.45, 2.75) is 57.1 Å². The summed E-state index contributed by atoms with van der Waals surface area (Å²) in [6.45, 7) is 11.4. The number of urea groups is 1. The van der Waals surface area contributed by atoms with Crippen LogP contribution in [0.2, 0.25) is 0 Å². The van der Waals surface area contributed by atoms with E-state index in [1.807, 2.05) is 88.5 Å². The Hall–Kier alpha value is -5.21. The second-order valence-electron chi connectivity index (χ2n) is 14.3.